The normalized spacial score (nSPS) is 9.77. The number of halogens is 2. The first-order chi connectivity index (χ1) is 6.06. The van der Waals surface area contributed by atoms with Crippen LogP contribution in [0.2, 0.25) is 5.02 Å². The van der Waals surface area contributed by atoms with E-state index >= 15 is 0 Å². The standard InChI is InChI=1S/C7H5BrClNO3/c1-13-4-2-3(9)6(8)10-5(4)7(11)12/h2H,1H3,(H,11,12). The van der Waals surface area contributed by atoms with Crippen molar-refractivity contribution in [3.63, 3.8) is 0 Å². The molecule has 1 N–H and O–H groups in total. The van der Waals surface area contributed by atoms with Gasteiger partial charge in [0.1, 0.15) is 4.60 Å². The maximum atomic E-state index is 10.6. The third kappa shape index (κ3) is 2.10. The average Bonchev–Trinajstić information content (AvgIpc) is 2.08. The number of nitrogens with zero attached hydrogens (tertiary/aromatic N) is 1. The SMILES string of the molecule is COc1cc(Cl)c(Br)nc1C(=O)O. The minimum atomic E-state index is -1.16. The highest BCUT2D eigenvalue weighted by atomic mass is 79.9. The number of carboxylic acids is 1. The molecule has 0 spiro atoms. The highest BCUT2D eigenvalue weighted by molar-refractivity contribution is 9.10. The molecule has 0 fully saturated rings. The number of methoxy groups -OCH3 is 1. The summed E-state index contributed by atoms with van der Waals surface area (Å²) in [4.78, 5) is 14.3. The molecule has 0 amide bonds. The molecule has 0 aliphatic heterocycles. The van der Waals surface area contributed by atoms with Gasteiger partial charge in [-0.1, -0.05) is 11.6 Å². The molecule has 0 bridgehead atoms. The van der Waals surface area contributed by atoms with E-state index in [1.807, 2.05) is 0 Å². The lowest BCUT2D eigenvalue weighted by atomic mass is 10.3. The molecule has 0 unspecified atom stereocenters. The summed E-state index contributed by atoms with van der Waals surface area (Å²) >= 11 is 8.70. The van der Waals surface area contributed by atoms with Crippen LogP contribution >= 0.6 is 27.5 Å². The van der Waals surface area contributed by atoms with Crippen molar-refractivity contribution in [1.29, 1.82) is 0 Å². The number of pyridine rings is 1. The fourth-order valence-electron chi connectivity index (χ4n) is 0.758. The summed E-state index contributed by atoms with van der Waals surface area (Å²) in [6, 6.07) is 1.39. The molecular weight excluding hydrogens is 261 g/mol. The van der Waals surface area contributed by atoms with Gasteiger partial charge < -0.3 is 9.84 Å². The van der Waals surface area contributed by atoms with Crippen LogP contribution in [0.3, 0.4) is 0 Å². The molecular formula is C7H5BrClNO3. The Morgan fingerprint density at radius 1 is 1.77 bits per heavy atom. The second-order valence-electron chi connectivity index (χ2n) is 2.12. The Balaban J connectivity index is 3.33. The van der Waals surface area contributed by atoms with Crippen molar-refractivity contribution < 1.29 is 14.6 Å². The van der Waals surface area contributed by atoms with Crippen LogP contribution in [0.1, 0.15) is 10.5 Å². The molecule has 0 aliphatic carbocycles. The molecule has 13 heavy (non-hydrogen) atoms. The first-order valence-electron chi connectivity index (χ1n) is 3.19. The number of hydrogen-bond donors (Lipinski definition) is 1. The summed E-state index contributed by atoms with van der Waals surface area (Å²) in [6.45, 7) is 0. The Morgan fingerprint density at radius 2 is 2.38 bits per heavy atom. The third-order valence-electron chi connectivity index (χ3n) is 1.32. The number of carboxylic acid groups (broad SMARTS) is 1. The fourth-order valence-corrected chi connectivity index (χ4v) is 1.19. The molecule has 1 rings (SSSR count). The van der Waals surface area contributed by atoms with Crippen LogP contribution in [0, 0.1) is 0 Å². The van der Waals surface area contributed by atoms with Crippen LogP contribution in [0.5, 0.6) is 5.75 Å². The summed E-state index contributed by atoms with van der Waals surface area (Å²) < 4.78 is 5.08. The van der Waals surface area contributed by atoms with E-state index in [9.17, 15) is 4.79 Å². The van der Waals surface area contributed by atoms with Crippen LogP contribution in [0.4, 0.5) is 0 Å². The molecule has 0 radical (unpaired) electrons. The van der Waals surface area contributed by atoms with E-state index in [4.69, 9.17) is 21.4 Å². The lowest BCUT2D eigenvalue weighted by Gasteiger charge is -2.04. The van der Waals surface area contributed by atoms with Crippen LogP contribution < -0.4 is 4.74 Å². The quantitative estimate of drug-likeness (QED) is 0.834. The van der Waals surface area contributed by atoms with E-state index < -0.39 is 5.97 Å². The highest BCUT2D eigenvalue weighted by Gasteiger charge is 2.15. The Hall–Kier alpha value is -0.810. The van der Waals surface area contributed by atoms with Gasteiger partial charge in [-0.2, -0.15) is 0 Å². The molecule has 4 nitrogen and oxygen atoms in total. The molecule has 0 saturated heterocycles. The van der Waals surface area contributed by atoms with Crippen LogP contribution in [0.15, 0.2) is 10.7 Å². The van der Waals surface area contributed by atoms with Gasteiger partial charge in [0.15, 0.2) is 11.4 Å². The number of carbonyl (C=O) groups is 1. The second-order valence-corrected chi connectivity index (χ2v) is 3.28. The molecule has 0 aromatic carbocycles. The van der Waals surface area contributed by atoms with E-state index in [1.165, 1.54) is 13.2 Å². The van der Waals surface area contributed by atoms with Gasteiger partial charge >= 0.3 is 5.97 Å². The Kier molecular flexibility index (Phi) is 3.11. The van der Waals surface area contributed by atoms with Gasteiger partial charge in [0.2, 0.25) is 0 Å². The molecule has 0 atom stereocenters. The first-order valence-corrected chi connectivity index (χ1v) is 4.36. The van der Waals surface area contributed by atoms with E-state index in [-0.39, 0.29) is 16.0 Å². The van der Waals surface area contributed by atoms with E-state index in [0.29, 0.717) is 5.02 Å². The number of ether oxygens (including phenoxy) is 1. The summed E-state index contributed by atoms with van der Waals surface area (Å²) in [5.74, 6) is -1.02. The predicted molar refractivity (Wildman–Crippen MR) is 50.5 cm³/mol. The summed E-state index contributed by atoms with van der Waals surface area (Å²) in [6.07, 6.45) is 0. The molecule has 0 aliphatic rings. The second kappa shape index (κ2) is 3.93. The summed E-state index contributed by atoms with van der Waals surface area (Å²) in [5.41, 5.74) is -0.168. The van der Waals surface area contributed by atoms with Crippen molar-refractivity contribution in [1.82, 2.24) is 4.98 Å². The maximum absolute atomic E-state index is 10.6. The average molecular weight is 266 g/mol. The van der Waals surface area contributed by atoms with Gasteiger partial charge in [0.25, 0.3) is 0 Å². The summed E-state index contributed by atoms with van der Waals surface area (Å²) in [5, 5.41) is 9.01. The number of aromatic nitrogens is 1. The number of rotatable bonds is 2. The van der Waals surface area contributed by atoms with E-state index in [0.717, 1.165) is 0 Å². The zero-order chi connectivity index (χ0) is 10.0. The monoisotopic (exact) mass is 265 g/mol. The molecule has 0 saturated carbocycles. The van der Waals surface area contributed by atoms with E-state index in [2.05, 4.69) is 20.9 Å². The smallest absolute Gasteiger partial charge is 0.358 e. The van der Waals surface area contributed by atoms with Gasteiger partial charge in [0, 0.05) is 6.07 Å². The zero-order valence-electron chi connectivity index (χ0n) is 6.54. The minimum Gasteiger partial charge on any atom is -0.494 e. The summed E-state index contributed by atoms with van der Waals surface area (Å²) in [7, 11) is 1.35. The molecule has 6 heteroatoms. The predicted octanol–water partition coefficient (Wildman–Crippen LogP) is 2.20. The molecule has 1 aromatic rings. The third-order valence-corrected chi connectivity index (χ3v) is 2.44. The first kappa shape index (κ1) is 10.3. The van der Waals surface area contributed by atoms with Crippen molar-refractivity contribution in [3.05, 3.63) is 21.4 Å². The largest absolute Gasteiger partial charge is 0.494 e. The van der Waals surface area contributed by atoms with Crippen molar-refractivity contribution in [2.45, 2.75) is 0 Å². The van der Waals surface area contributed by atoms with Crippen molar-refractivity contribution >= 4 is 33.5 Å². The number of hydrogen-bond acceptors (Lipinski definition) is 3. The Labute approximate surface area is 87.6 Å². The van der Waals surface area contributed by atoms with Gasteiger partial charge in [0.05, 0.1) is 12.1 Å². The highest BCUT2D eigenvalue weighted by Crippen LogP contribution is 2.27. The van der Waals surface area contributed by atoms with Crippen LogP contribution in [-0.4, -0.2) is 23.2 Å². The van der Waals surface area contributed by atoms with E-state index in [1.54, 1.807) is 0 Å². The van der Waals surface area contributed by atoms with Gasteiger partial charge in [-0.15, -0.1) is 0 Å². The lowest BCUT2D eigenvalue weighted by molar-refractivity contribution is 0.0686. The molecule has 1 aromatic heterocycles. The van der Waals surface area contributed by atoms with Crippen LogP contribution in [-0.2, 0) is 0 Å². The minimum absolute atomic E-state index is 0.140. The Morgan fingerprint density at radius 3 is 2.85 bits per heavy atom. The van der Waals surface area contributed by atoms with Crippen LogP contribution in [0.25, 0.3) is 0 Å². The molecule has 1 heterocycles. The maximum Gasteiger partial charge on any atom is 0.358 e. The Bertz CT molecular complexity index is 356. The van der Waals surface area contributed by atoms with Gasteiger partial charge in [-0.3, -0.25) is 0 Å². The fraction of sp³-hybridized carbons (Fsp3) is 0.143. The van der Waals surface area contributed by atoms with Crippen molar-refractivity contribution in [2.75, 3.05) is 7.11 Å². The van der Waals surface area contributed by atoms with Gasteiger partial charge in [-0.05, 0) is 15.9 Å². The van der Waals surface area contributed by atoms with Crippen molar-refractivity contribution in [2.24, 2.45) is 0 Å². The zero-order valence-corrected chi connectivity index (χ0v) is 8.89. The molecule has 70 valence electrons. The van der Waals surface area contributed by atoms with Gasteiger partial charge in [-0.25, -0.2) is 9.78 Å². The topological polar surface area (TPSA) is 59.4 Å². The van der Waals surface area contributed by atoms with Crippen molar-refractivity contribution in [3.8, 4) is 5.75 Å². The lowest BCUT2D eigenvalue weighted by Crippen LogP contribution is -2.04. The number of aromatic carboxylic acids is 1.